The fourth-order valence-corrected chi connectivity index (χ4v) is 3.10. The number of aliphatic hydroxyl groups is 1. The van der Waals surface area contributed by atoms with E-state index in [1.807, 2.05) is 50.2 Å². The van der Waals surface area contributed by atoms with Crippen LogP contribution in [-0.4, -0.2) is 53.8 Å². The zero-order valence-electron chi connectivity index (χ0n) is 14.9. The summed E-state index contributed by atoms with van der Waals surface area (Å²) in [4.78, 5) is 28.6. The molecule has 1 unspecified atom stereocenters. The van der Waals surface area contributed by atoms with Crippen molar-refractivity contribution < 1.29 is 14.7 Å². The van der Waals surface area contributed by atoms with E-state index in [-0.39, 0.29) is 17.8 Å². The van der Waals surface area contributed by atoms with Crippen LogP contribution < -0.4 is 0 Å². The Hall–Kier alpha value is -2.14. The van der Waals surface area contributed by atoms with Gasteiger partial charge in [0.25, 0.3) is 5.91 Å². The molecule has 1 atom stereocenters. The highest BCUT2D eigenvalue weighted by Crippen LogP contribution is 2.38. The molecule has 0 aromatic heterocycles. The van der Waals surface area contributed by atoms with Crippen molar-refractivity contribution in [3.8, 4) is 0 Å². The molecular weight excluding hydrogens is 304 g/mol. The summed E-state index contributed by atoms with van der Waals surface area (Å²) in [5, 5.41) is 10.3. The first kappa shape index (κ1) is 18.2. The van der Waals surface area contributed by atoms with Crippen LogP contribution in [0.15, 0.2) is 35.6 Å². The van der Waals surface area contributed by atoms with Crippen LogP contribution in [0.25, 0.3) is 0 Å². The van der Waals surface area contributed by atoms with E-state index in [9.17, 15) is 14.7 Å². The molecule has 1 heterocycles. The third-order valence-electron chi connectivity index (χ3n) is 4.29. The number of hydrogen-bond donors (Lipinski definition) is 1. The first-order valence-electron chi connectivity index (χ1n) is 8.35. The van der Waals surface area contributed by atoms with Crippen molar-refractivity contribution in [1.82, 2.24) is 9.80 Å². The number of carbonyl (C=O) groups is 2. The first-order valence-corrected chi connectivity index (χ1v) is 8.35. The van der Waals surface area contributed by atoms with Crippen molar-refractivity contribution in [3.63, 3.8) is 0 Å². The number of aliphatic hydroxyl groups excluding tert-OH is 1. The lowest BCUT2D eigenvalue weighted by Gasteiger charge is -2.27. The van der Waals surface area contributed by atoms with Crippen LogP contribution in [0, 0.1) is 6.92 Å². The molecule has 2 rings (SSSR count). The van der Waals surface area contributed by atoms with Gasteiger partial charge in [0.05, 0.1) is 11.6 Å². The summed E-state index contributed by atoms with van der Waals surface area (Å²) < 4.78 is 0. The Balaban J connectivity index is 2.39. The molecule has 1 N–H and O–H groups in total. The fourth-order valence-electron chi connectivity index (χ4n) is 3.10. The zero-order chi connectivity index (χ0) is 17.9. The Morgan fingerprint density at radius 1 is 1.33 bits per heavy atom. The molecule has 0 saturated heterocycles. The first-order chi connectivity index (χ1) is 11.4. The van der Waals surface area contributed by atoms with Gasteiger partial charge in [0.1, 0.15) is 0 Å². The average Bonchev–Trinajstić information content (AvgIpc) is 2.78. The van der Waals surface area contributed by atoms with Crippen LogP contribution in [0.5, 0.6) is 0 Å². The SMILES string of the molecule is CCC(=O)C1=C(O)C(=O)N(CCCN(C)C)C1c1cccc(C)c1. The summed E-state index contributed by atoms with van der Waals surface area (Å²) in [6.45, 7) is 5.05. The van der Waals surface area contributed by atoms with Crippen molar-refractivity contribution in [2.24, 2.45) is 0 Å². The van der Waals surface area contributed by atoms with Gasteiger partial charge in [-0.3, -0.25) is 9.59 Å². The van der Waals surface area contributed by atoms with Crippen LogP contribution in [0.2, 0.25) is 0 Å². The number of nitrogens with zero attached hydrogens (tertiary/aromatic N) is 2. The summed E-state index contributed by atoms with van der Waals surface area (Å²) in [6, 6.07) is 7.27. The molecule has 1 aromatic carbocycles. The van der Waals surface area contributed by atoms with E-state index in [2.05, 4.69) is 0 Å². The van der Waals surface area contributed by atoms with E-state index in [4.69, 9.17) is 0 Å². The maximum absolute atomic E-state index is 12.5. The number of rotatable bonds is 7. The van der Waals surface area contributed by atoms with Crippen LogP contribution >= 0.6 is 0 Å². The zero-order valence-corrected chi connectivity index (χ0v) is 14.9. The van der Waals surface area contributed by atoms with Gasteiger partial charge in [-0.15, -0.1) is 0 Å². The number of aryl methyl sites for hydroxylation is 1. The monoisotopic (exact) mass is 330 g/mol. The van der Waals surface area contributed by atoms with Crippen molar-refractivity contribution in [1.29, 1.82) is 0 Å². The van der Waals surface area contributed by atoms with Gasteiger partial charge < -0.3 is 14.9 Å². The van der Waals surface area contributed by atoms with Crippen molar-refractivity contribution in [3.05, 3.63) is 46.7 Å². The Morgan fingerprint density at radius 3 is 2.62 bits per heavy atom. The van der Waals surface area contributed by atoms with Crippen LogP contribution in [-0.2, 0) is 9.59 Å². The summed E-state index contributed by atoms with van der Waals surface area (Å²) in [5.74, 6) is -1.02. The van der Waals surface area contributed by atoms with Crippen molar-refractivity contribution in [2.75, 3.05) is 27.2 Å². The minimum atomic E-state index is -0.494. The smallest absolute Gasteiger partial charge is 0.290 e. The summed E-state index contributed by atoms with van der Waals surface area (Å²) in [5.41, 5.74) is 2.16. The quantitative estimate of drug-likeness (QED) is 0.835. The van der Waals surface area contributed by atoms with Crippen LogP contribution in [0.3, 0.4) is 0 Å². The lowest BCUT2D eigenvalue weighted by Crippen LogP contribution is -2.33. The van der Waals surface area contributed by atoms with Crippen molar-refractivity contribution in [2.45, 2.75) is 32.7 Å². The largest absolute Gasteiger partial charge is 0.503 e. The molecule has 0 aliphatic carbocycles. The standard InChI is InChI=1S/C19H26N2O3/c1-5-15(22)16-17(14-9-6-8-13(2)12-14)21(19(24)18(16)23)11-7-10-20(3)4/h6,8-9,12,17,23H,5,7,10-11H2,1-4H3. The van der Waals surface area contributed by atoms with Gasteiger partial charge in [-0.1, -0.05) is 36.8 Å². The highest BCUT2D eigenvalue weighted by atomic mass is 16.3. The summed E-state index contributed by atoms with van der Waals surface area (Å²) in [7, 11) is 3.96. The Kier molecular flexibility index (Phi) is 5.78. The fraction of sp³-hybridized carbons (Fsp3) is 0.474. The number of ketones is 1. The van der Waals surface area contributed by atoms with Crippen molar-refractivity contribution >= 4 is 11.7 Å². The Bertz CT molecular complexity index is 664. The summed E-state index contributed by atoms with van der Waals surface area (Å²) in [6.07, 6.45) is 1.04. The molecule has 0 spiro atoms. The van der Waals surface area contributed by atoms with Gasteiger partial charge in [-0.05, 0) is 39.5 Å². The lowest BCUT2D eigenvalue weighted by atomic mass is 9.94. The number of amides is 1. The number of Topliss-reactive ketones (excluding diaryl/α,β-unsaturated/α-hetero) is 1. The molecule has 5 nitrogen and oxygen atoms in total. The molecule has 1 aromatic rings. The van der Waals surface area contributed by atoms with E-state index in [0.29, 0.717) is 6.54 Å². The maximum atomic E-state index is 12.5. The molecule has 24 heavy (non-hydrogen) atoms. The topological polar surface area (TPSA) is 60.9 Å². The highest BCUT2D eigenvalue weighted by molar-refractivity contribution is 6.08. The lowest BCUT2D eigenvalue weighted by molar-refractivity contribution is -0.129. The van der Waals surface area contributed by atoms with E-state index >= 15 is 0 Å². The van der Waals surface area contributed by atoms with Gasteiger partial charge in [0.2, 0.25) is 0 Å². The van der Waals surface area contributed by atoms with Gasteiger partial charge >= 0.3 is 0 Å². The second-order valence-electron chi connectivity index (χ2n) is 6.51. The molecule has 1 aliphatic rings. The number of hydrogen-bond acceptors (Lipinski definition) is 4. The molecule has 0 bridgehead atoms. The van der Waals surface area contributed by atoms with Crippen LogP contribution in [0.4, 0.5) is 0 Å². The predicted molar refractivity (Wildman–Crippen MR) is 93.8 cm³/mol. The van der Waals surface area contributed by atoms with Gasteiger partial charge in [0.15, 0.2) is 11.5 Å². The molecule has 130 valence electrons. The molecule has 1 aliphatic heterocycles. The molecule has 5 heteroatoms. The van der Waals surface area contributed by atoms with Gasteiger partial charge in [-0.25, -0.2) is 0 Å². The molecular formula is C19H26N2O3. The third-order valence-corrected chi connectivity index (χ3v) is 4.29. The maximum Gasteiger partial charge on any atom is 0.290 e. The van der Waals surface area contributed by atoms with E-state index in [1.54, 1.807) is 11.8 Å². The normalized spacial score (nSPS) is 18.0. The highest BCUT2D eigenvalue weighted by Gasteiger charge is 2.42. The van der Waals surface area contributed by atoms with Gasteiger partial charge in [-0.2, -0.15) is 0 Å². The van der Waals surface area contributed by atoms with E-state index < -0.39 is 17.7 Å². The second kappa shape index (κ2) is 7.62. The summed E-state index contributed by atoms with van der Waals surface area (Å²) >= 11 is 0. The Morgan fingerprint density at radius 2 is 2.04 bits per heavy atom. The van der Waals surface area contributed by atoms with Gasteiger partial charge in [0, 0.05) is 13.0 Å². The third kappa shape index (κ3) is 3.67. The minimum absolute atomic E-state index is 0.178. The Labute approximate surface area is 143 Å². The average molecular weight is 330 g/mol. The molecule has 1 amide bonds. The molecule has 0 radical (unpaired) electrons. The molecule has 0 fully saturated rings. The van der Waals surface area contributed by atoms with E-state index in [1.165, 1.54) is 0 Å². The minimum Gasteiger partial charge on any atom is -0.503 e. The predicted octanol–water partition coefficient (Wildman–Crippen LogP) is 2.62. The number of carbonyl (C=O) groups excluding carboxylic acids is 2. The molecule has 0 saturated carbocycles. The van der Waals surface area contributed by atoms with Crippen LogP contribution in [0.1, 0.15) is 36.9 Å². The number of benzene rings is 1. The second-order valence-corrected chi connectivity index (χ2v) is 6.51. The van der Waals surface area contributed by atoms with E-state index in [0.717, 1.165) is 24.1 Å².